The van der Waals surface area contributed by atoms with Gasteiger partial charge in [-0.1, -0.05) is 0 Å². The highest BCUT2D eigenvalue weighted by molar-refractivity contribution is 5.51. The first-order valence-corrected chi connectivity index (χ1v) is 7.24. The molecule has 0 bridgehead atoms. The number of nitro groups is 2. The number of nitrogens with zero attached hydrogens (tertiary/aromatic N) is 2. The lowest BCUT2D eigenvalue weighted by molar-refractivity contribution is -0.385. The van der Waals surface area contributed by atoms with Crippen molar-refractivity contribution < 1.29 is 18.6 Å². The van der Waals surface area contributed by atoms with Crippen molar-refractivity contribution in [1.82, 2.24) is 0 Å². The van der Waals surface area contributed by atoms with Crippen LogP contribution in [0.3, 0.4) is 0 Å². The molecule has 132 valence electrons. The number of benzene rings is 2. The van der Waals surface area contributed by atoms with Crippen LogP contribution in [0.25, 0.3) is 0 Å². The number of anilines is 2. The van der Waals surface area contributed by atoms with Gasteiger partial charge in [0.15, 0.2) is 11.6 Å². The Bertz CT molecular complexity index is 736. The summed E-state index contributed by atoms with van der Waals surface area (Å²) >= 11 is 0. The second-order valence-electron chi connectivity index (χ2n) is 5.05. The van der Waals surface area contributed by atoms with Crippen LogP contribution < -0.4 is 10.6 Å². The molecule has 0 amide bonds. The number of nitrogens with one attached hydrogen (secondary N) is 2. The predicted octanol–water partition coefficient (Wildman–Crippen LogP) is 3.70. The number of non-ortho nitro benzene ring substituents is 2. The van der Waals surface area contributed by atoms with E-state index in [1.54, 1.807) is 0 Å². The van der Waals surface area contributed by atoms with E-state index < -0.39 is 21.5 Å². The maximum atomic E-state index is 13.7. The summed E-state index contributed by atoms with van der Waals surface area (Å²) in [7, 11) is 0. The van der Waals surface area contributed by atoms with Gasteiger partial charge in [0.1, 0.15) is 0 Å². The zero-order chi connectivity index (χ0) is 18.4. The minimum atomic E-state index is -0.733. The van der Waals surface area contributed by atoms with Crippen molar-refractivity contribution in [3.05, 3.63) is 68.3 Å². The second-order valence-corrected chi connectivity index (χ2v) is 5.05. The van der Waals surface area contributed by atoms with Crippen molar-refractivity contribution in [3.63, 3.8) is 0 Å². The zero-order valence-electron chi connectivity index (χ0n) is 12.9. The Morgan fingerprint density at radius 2 is 1.20 bits per heavy atom. The summed E-state index contributed by atoms with van der Waals surface area (Å²) in [5, 5.41) is 26.6. The minimum absolute atomic E-state index is 0.132. The van der Waals surface area contributed by atoms with Gasteiger partial charge in [0.05, 0.1) is 33.4 Å². The van der Waals surface area contributed by atoms with Crippen LogP contribution in [0.1, 0.15) is 6.42 Å². The molecule has 0 fully saturated rings. The lowest BCUT2D eigenvalue weighted by Crippen LogP contribution is -2.10. The number of hydrogen-bond donors (Lipinski definition) is 2. The molecule has 2 aromatic rings. The Morgan fingerprint density at radius 3 is 1.52 bits per heavy atom. The molecule has 0 spiro atoms. The molecule has 0 aliphatic rings. The third kappa shape index (κ3) is 4.83. The third-order valence-electron chi connectivity index (χ3n) is 3.31. The topological polar surface area (TPSA) is 110 Å². The normalized spacial score (nSPS) is 10.3. The van der Waals surface area contributed by atoms with Gasteiger partial charge >= 0.3 is 0 Å². The molecule has 25 heavy (non-hydrogen) atoms. The van der Waals surface area contributed by atoms with Gasteiger partial charge in [0.2, 0.25) is 0 Å². The van der Waals surface area contributed by atoms with Gasteiger partial charge in [-0.15, -0.1) is 0 Å². The molecule has 0 radical (unpaired) electrons. The molecule has 0 aliphatic carbocycles. The van der Waals surface area contributed by atoms with Crippen LogP contribution in [0.5, 0.6) is 0 Å². The van der Waals surface area contributed by atoms with Gasteiger partial charge in [-0.25, -0.2) is 8.78 Å². The van der Waals surface area contributed by atoms with Crippen LogP contribution in [-0.2, 0) is 0 Å². The molecule has 0 aromatic heterocycles. The average molecular weight is 352 g/mol. The molecule has 8 nitrogen and oxygen atoms in total. The molecule has 0 saturated heterocycles. The molecule has 10 heteroatoms. The van der Waals surface area contributed by atoms with Gasteiger partial charge in [-0.3, -0.25) is 20.2 Å². The van der Waals surface area contributed by atoms with E-state index >= 15 is 0 Å². The van der Waals surface area contributed by atoms with Crippen LogP contribution in [-0.4, -0.2) is 22.9 Å². The number of halogens is 2. The van der Waals surface area contributed by atoms with E-state index in [9.17, 15) is 29.0 Å². The van der Waals surface area contributed by atoms with E-state index in [4.69, 9.17) is 0 Å². The van der Waals surface area contributed by atoms with Crippen molar-refractivity contribution in [1.29, 1.82) is 0 Å². The summed E-state index contributed by atoms with van der Waals surface area (Å²) in [5.41, 5.74) is -0.407. The van der Waals surface area contributed by atoms with Crippen molar-refractivity contribution >= 4 is 22.7 Å². The van der Waals surface area contributed by atoms with E-state index in [0.717, 1.165) is 12.1 Å². The Balaban J connectivity index is 1.80. The monoisotopic (exact) mass is 352 g/mol. The summed E-state index contributed by atoms with van der Waals surface area (Å²) in [6, 6.07) is 6.58. The molecular formula is C15H14F2N4O4. The van der Waals surface area contributed by atoms with E-state index in [1.165, 1.54) is 24.3 Å². The number of rotatable bonds is 8. The van der Waals surface area contributed by atoms with Gasteiger partial charge in [0.25, 0.3) is 11.4 Å². The van der Waals surface area contributed by atoms with E-state index in [0.29, 0.717) is 19.5 Å². The summed E-state index contributed by atoms with van der Waals surface area (Å²) in [5.74, 6) is -1.47. The van der Waals surface area contributed by atoms with Crippen LogP contribution in [0, 0.1) is 31.9 Å². The van der Waals surface area contributed by atoms with Crippen LogP contribution in [0.2, 0.25) is 0 Å². The lowest BCUT2D eigenvalue weighted by Gasteiger charge is -2.09. The molecule has 0 aliphatic heterocycles. The maximum Gasteiger partial charge on any atom is 0.272 e. The Labute approximate surface area is 140 Å². The second kappa shape index (κ2) is 7.99. The smallest absolute Gasteiger partial charge is 0.272 e. The zero-order valence-corrected chi connectivity index (χ0v) is 12.9. The summed E-state index contributed by atoms with van der Waals surface area (Å²) in [4.78, 5) is 19.7. The quantitative estimate of drug-likeness (QED) is 0.426. The number of nitro benzene ring substituents is 2. The van der Waals surface area contributed by atoms with E-state index in [-0.39, 0.29) is 22.7 Å². The largest absolute Gasteiger partial charge is 0.383 e. The molecule has 0 saturated carbocycles. The Kier molecular flexibility index (Phi) is 5.77. The van der Waals surface area contributed by atoms with Crippen LogP contribution in [0.15, 0.2) is 36.4 Å². The van der Waals surface area contributed by atoms with Crippen molar-refractivity contribution in [3.8, 4) is 0 Å². The summed E-state index contributed by atoms with van der Waals surface area (Å²) in [6.45, 7) is 0.687. The van der Waals surface area contributed by atoms with Crippen molar-refractivity contribution in [2.75, 3.05) is 23.7 Å². The first-order chi connectivity index (χ1) is 11.9. The average Bonchev–Trinajstić information content (AvgIpc) is 2.56. The SMILES string of the molecule is O=[N+]([O-])c1ccc(NCCCNc2ccc([N+](=O)[O-])cc2F)c(F)c1. The lowest BCUT2D eigenvalue weighted by atomic mass is 10.2. The van der Waals surface area contributed by atoms with Crippen LogP contribution in [0.4, 0.5) is 31.5 Å². The first-order valence-electron chi connectivity index (χ1n) is 7.24. The summed E-state index contributed by atoms with van der Waals surface area (Å²) < 4.78 is 27.3. The van der Waals surface area contributed by atoms with Gasteiger partial charge < -0.3 is 10.6 Å². The summed E-state index contributed by atoms with van der Waals surface area (Å²) in [6.07, 6.45) is 0.493. The highest BCUT2D eigenvalue weighted by Gasteiger charge is 2.11. The van der Waals surface area contributed by atoms with E-state index in [1.807, 2.05) is 0 Å². The van der Waals surface area contributed by atoms with E-state index in [2.05, 4.69) is 10.6 Å². The van der Waals surface area contributed by atoms with Gasteiger partial charge in [-0.2, -0.15) is 0 Å². The molecule has 0 unspecified atom stereocenters. The van der Waals surface area contributed by atoms with Gasteiger partial charge in [-0.05, 0) is 18.6 Å². The molecule has 2 N–H and O–H groups in total. The molecule has 0 atom stereocenters. The van der Waals surface area contributed by atoms with Crippen LogP contribution >= 0.6 is 0 Å². The molecule has 2 rings (SSSR count). The standard InChI is InChI=1S/C15H14F2N4O4/c16-12-8-10(20(22)23)2-4-14(12)18-6-1-7-19-15-5-3-11(21(24)25)9-13(15)17/h2-5,8-9,18-19H,1,6-7H2. The highest BCUT2D eigenvalue weighted by atomic mass is 19.1. The van der Waals surface area contributed by atoms with Crippen molar-refractivity contribution in [2.45, 2.75) is 6.42 Å². The fraction of sp³-hybridized carbons (Fsp3) is 0.200. The molecular weight excluding hydrogens is 338 g/mol. The predicted molar refractivity (Wildman–Crippen MR) is 87.7 cm³/mol. The highest BCUT2D eigenvalue weighted by Crippen LogP contribution is 2.21. The molecule has 0 heterocycles. The number of hydrogen-bond acceptors (Lipinski definition) is 6. The molecule has 2 aromatic carbocycles. The maximum absolute atomic E-state index is 13.7. The fourth-order valence-corrected chi connectivity index (χ4v) is 2.06. The van der Waals surface area contributed by atoms with Crippen molar-refractivity contribution in [2.24, 2.45) is 0 Å². The first kappa shape index (κ1) is 18.0. The van der Waals surface area contributed by atoms with Gasteiger partial charge in [0, 0.05) is 25.2 Å². The fourth-order valence-electron chi connectivity index (χ4n) is 2.06. The Morgan fingerprint density at radius 1 is 0.800 bits per heavy atom. The minimum Gasteiger partial charge on any atom is -0.383 e. The third-order valence-corrected chi connectivity index (χ3v) is 3.31. The Hall–Kier alpha value is -3.30.